The zero-order chi connectivity index (χ0) is 20.1. The number of sulfonamides is 1. The molecule has 28 heavy (non-hydrogen) atoms. The Balaban J connectivity index is 1.61. The van der Waals surface area contributed by atoms with Crippen molar-refractivity contribution >= 4 is 21.8 Å². The summed E-state index contributed by atoms with van der Waals surface area (Å²) in [6.45, 7) is 4.63. The molecule has 0 unspecified atom stereocenters. The maximum atomic E-state index is 12.9. The van der Waals surface area contributed by atoms with E-state index in [2.05, 4.69) is 12.2 Å². The van der Waals surface area contributed by atoms with Crippen molar-refractivity contribution in [2.75, 3.05) is 32.7 Å². The van der Waals surface area contributed by atoms with E-state index in [4.69, 9.17) is 0 Å². The summed E-state index contributed by atoms with van der Waals surface area (Å²) in [5.74, 6) is 0. The van der Waals surface area contributed by atoms with E-state index in [0.29, 0.717) is 31.7 Å². The SMILES string of the molecule is Cc1ccc(S(=O)(=O)N2CC[NH+](C/C=C/c3ccccc3)CC2)cc1[N+](=O)[O-]. The summed E-state index contributed by atoms with van der Waals surface area (Å²) in [4.78, 5) is 11.9. The highest BCUT2D eigenvalue weighted by molar-refractivity contribution is 7.89. The number of nitro groups is 1. The summed E-state index contributed by atoms with van der Waals surface area (Å²) in [6, 6.07) is 14.1. The molecule has 3 rings (SSSR count). The zero-order valence-electron chi connectivity index (χ0n) is 15.7. The first-order valence-electron chi connectivity index (χ1n) is 9.18. The Kier molecular flexibility index (Phi) is 6.23. The molecular formula is C20H24N3O4S+. The van der Waals surface area contributed by atoms with Gasteiger partial charge in [0.15, 0.2) is 0 Å². The molecule has 1 fully saturated rings. The van der Waals surface area contributed by atoms with Gasteiger partial charge in [0.25, 0.3) is 5.69 Å². The number of aryl methyl sites for hydroxylation is 1. The molecule has 0 atom stereocenters. The molecule has 0 saturated carbocycles. The van der Waals surface area contributed by atoms with Crippen LogP contribution in [0.15, 0.2) is 59.5 Å². The first-order valence-corrected chi connectivity index (χ1v) is 10.6. The Labute approximate surface area is 165 Å². The van der Waals surface area contributed by atoms with Crippen molar-refractivity contribution in [3.05, 3.63) is 75.8 Å². The number of hydrogen-bond donors (Lipinski definition) is 1. The van der Waals surface area contributed by atoms with Crippen LogP contribution in [0.2, 0.25) is 0 Å². The fourth-order valence-electron chi connectivity index (χ4n) is 3.27. The molecule has 148 valence electrons. The Morgan fingerprint density at radius 1 is 1.14 bits per heavy atom. The van der Waals surface area contributed by atoms with Gasteiger partial charge in [-0.15, -0.1) is 0 Å². The van der Waals surface area contributed by atoms with Gasteiger partial charge >= 0.3 is 0 Å². The summed E-state index contributed by atoms with van der Waals surface area (Å²) >= 11 is 0. The third-order valence-corrected chi connectivity index (χ3v) is 6.86. The predicted molar refractivity (Wildman–Crippen MR) is 108 cm³/mol. The van der Waals surface area contributed by atoms with Gasteiger partial charge in [-0.2, -0.15) is 4.31 Å². The molecule has 7 nitrogen and oxygen atoms in total. The van der Waals surface area contributed by atoms with Crippen molar-refractivity contribution in [3.63, 3.8) is 0 Å². The maximum Gasteiger partial charge on any atom is 0.273 e. The Bertz CT molecular complexity index is 966. The van der Waals surface area contributed by atoms with Gasteiger partial charge < -0.3 is 4.90 Å². The Morgan fingerprint density at radius 3 is 2.46 bits per heavy atom. The maximum absolute atomic E-state index is 12.9. The molecule has 0 aromatic heterocycles. The number of benzene rings is 2. The normalized spacial score (nSPS) is 16.5. The molecule has 1 saturated heterocycles. The molecular weight excluding hydrogens is 378 g/mol. The quantitative estimate of drug-likeness (QED) is 0.586. The summed E-state index contributed by atoms with van der Waals surface area (Å²) in [7, 11) is -3.72. The summed E-state index contributed by atoms with van der Waals surface area (Å²) < 4.78 is 27.1. The van der Waals surface area contributed by atoms with Crippen molar-refractivity contribution in [1.29, 1.82) is 0 Å². The van der Waals surface area contributed by atoms with Crippen molar-refractivity contribution < 1.29 is 18.2 Å². The molecule has 1 N–H and O–H groups in total. The minimum absolute atomic E-state index is 0.0165. The van der Waals surface area contributed by atoms with Gasteiger partial charge in [-0.3, -0.25) is 10.1 Å². The van der Waals surface area contributed by atoms with Crippen LogP contribution >= 0.6 is 0 Å². The summed E-state index contributed by atoms with van der Waals surface area (Å²) in [6.07, 6.45) is 4.18. The van der Waals surface area contributed by atoms with Gasteiger partial charge in [0.1, 0.15) is 0 Å². The molecule has 0 bridgehead atoms. The standard InChI is InChI=1S/C20H23N3O4S/c1-17-9-10-19(16-20(17)23(24)25)28(26,27)22-14-12-21(13-15-22)11-5-8-18-6-3-2-4-7-18/h2-10,16H,11-15H2,1H3/p+1/b8-5+. The molecule has 0 amide bonds. The molecule has 1 aliphatic heterocycles. The number of nitro benzene ring substituents is 1. The second-order valence-electron chi connectivity index (χ2n) is 6.88. The van der Waals surface area contributed by atoms with Crippen molar-refractivity contribution in [1.82, 2.24) is 4.31 Å². The van der Waals surface area contributed by atoms with Crippen LogP contribution in [-0.2, 0) is 10.0 Å². The van der Waals surface area contributed by atoms with Gasteiger partial charge in [0, 0.05) is 11.6 Å². The monoisotopic (exact) mass is 402 g/mol. The third-order valence-electron chi connectivity index (χ3n) is 4.96. The van der Waals surface area contributed by atoms with E-state index in [1.807, 2.05) is 30.3 Å². The molecule has 2 aromatic carbocycles. The average Bonchev–Trinajstić information content (AvgIpc) is 2.69. The number of nitrogens with one attached hydrogen (secondary N) is 1. The highest BCUT2D eigenvalue weighted by Crippen LogP contribution is 2.24. The summed E-state index contributed by atoms with van der Waals surface area (Å²) in [5, 5.41) is 11.1. The van der Waals surface area contributed by atoms with E-state index >= 15 is 0 Å². The number of rotatable bonds is 6. The lowest BCUT2D eigenvalue weighted by atomic mass is 10.2. The topological polar surface area (TPSA) is 85.0 Å². The van der Waals surface area contributed by atoms with E-state index in [9.17, 15) is 18.5 Å². The molecule has 8 heteroatoms. The first kappa shape index (κ1) is 20.2. The van der Waals surface area contributed by atoms with Gasteiger partial charge in [0.05, 0.1) is 42.5 Å². The fourth-order valence-corrected chi connectivity index (χ4v) is 4.73. The fraction of sp³-hybridized carbons (Fsp3) is 0.300. The van der Waals surface area contributed by atoms with Gasteiger partial charge in [-0.1, -0.05) is 42.5 Å². The van der Waals surface area contributed by atoms with E-state index < -0.39 is 14.9 Å². The lowest BCUT2D eigenvalue weighted by Gasteiger charge is -2.31. The number of piperazine rings is 1. The van der Waals surface area contributed by atoms with E-state index in [1.165, 1.54) is 21.3 Å². The molecule has 0 radical (unpaired) electrons. The second-order valence-corrected chi connectivity index (χ2v) is 8.81. The average molecular weight is 402 g/mol. The smallest absolute Gasteiger partial charge is 0.273 e. The van der Waals surface area contributed by atoms with Gasteiger partial charge in [-0.05, 0) is 24.6 Å². The number of quaternary nitrogens is 1. The lowest BCUT2D eigenvalue weighted by Crippen LogP contribution is -3.14. The van der Waals surface area contributed by atoms with Crippen LogP contribution in [0.25, 0.3) is 6.08 Å². The first-order chi connectivity index (χ1) is 13.4. The Morgan fingerprint density at radius 2 is 1.82 bits per heavy atom. The van der Waals surface area contributed by atoms with E-state index in [-0.39, 0.29) is 10.6 Å². The van der Waals surface area contributed by atoms with E-state index in [0.717, 1.165) is 18.2 Å². The van der Waals surface area contributed by atoms with Gasteiger partial charge in [0.2, 0.25) is 10.0 Å². The minimum atomic E-state index is -3.72. The van der Waals surface area contributed by atoms with Gasteiger partial charge in [-0.25, -0.2) is 8.42 Å². The lowest BCUT2D eigenvalue weighted by molar-refractivity contribution is -0.897. The van der Waals surface area contributed by atoms with Crippen LogP contribution < -0.4 is 4.90 Å². The highest BCUT2D eigenvalue weighted by Gasteiger charge is 2.31. The molecule has 2 aromatic rings. The summed E-state index contributed by atoms with van der Waals surface area (Å²) in [5.41, 5.74) is 1.42. The molecule has 1 heterocycles. The third kappa shape index (κ3) is 4.64. The van der Waals surface area contributed by atoms with Crippen LogP contribution in [0, 0.1) is 17.0 Å². The predicted octanol–water partition coefficient (Wildman–Crippen LogP) is 1.51. The van der Waals surface area contributed by atoms with Crippen LogP contribution in [0.4, 0.5) is 5.69 Å². The zero-order valence-corrected chi connectivity index (χ0v) is 16.6. The van der Waals surface area contributed by atoms with Crippen LogP contribution in [0.3, 0.4) is 0 Å². The molecule has 0 aliphatic carbocycles. The van der Waals surface area contributed by atoms with E-state index in [1.54, 1.807) is 6.92 Å². The van der Waals surface area contributed by atoms with Crippen LogP contribution in [-0.4, -0.2) is 50.4 Å². The number of hydrogen-bond acceptors (Lipinski definition) is 4. The minimum Gasteiger partial charge on any atom is -0.329 e. The van der Waals surface area contributed by atoms with Crippen molar-refractivity contribution in [2.24, 2.45) is 0 Å². The van der Waals surface area contributed by atoms with Crippen LogP contribution in [0.5, 0.6) is 0 Å². The Hall–Kier alpha value is -2.55. The largest absolute Gasteiger partial charge is 0.329 e. The highest BCUT2D eigenvalue weighted by atomic mass is 32.2. The second kappa shape index (κ2) is 8.64. The molecule has 1 aliphatic rings. The van der Waals surface area contributed by atoms with Crippen molar-refractivity contribution in [2.45, 2.75) is 11.8 Å². The molecule has 0 spiro atoms. The van der Waals surface area contributed by atoms with Crippen molar-refractivity contribution in [3.8, 4) is 0 Å². The number of nitrogens with zero attached hydrogens (tertiary/aromatic N) is 2. The van der Waals surface area contributed by atoms with Crippen LogP contribution in [0.1, 0.15) is 11.1 Å².